The van der Waals surface area contributed by atoms with Crippen molar-refractivity contribution in [3.63, 3.8) is 0 Å². The van der Waals surface area contributed by atoms with Crippen LogP contribution in [0.3, 0.4) is 0 Å². The third kappa shape index (κ3) is 4.75. The van der Waals surface area contributed by atoms with E-state index in [1.807, 2.05) is 31.2 Å². The van der Waals surface area contributed by atoms with Crippen LogP contribution in [0.5, 0.6) is 5.75 Å². The number of aliphatic hydroxyl groups is 1. The Kier molecular flexibility index (Phi) is 7.97. The summed E-state index contributed by atoms with van der Waals surface area (Å²) in [5.74, 6) is 0.402. The SMILES string of the molecule is C=C[C@]1(C)C[C@@H](OC(=O)CNC(=S)Nc2ccc(OC)cc2)[C@]2(C)[C@H](C)CC[C@]3(CCC(=O)[C@H]32)[C@@H](C)[C@@H]1O. The lowest BCUT2D eigenvalue weighted by Gasteiger charge is -2.61. The molecule has 38 heavy (non-hydrogen) atoms. The molecule has 0 radical (unpaired) electrons. The van der Waals surface area contributed by atoms with E-state index in [-0.39, 0.29) is 35.5 Å². The standard InChI is InChI=1S/C30H42N2O5S/c1-7-28(4)16-23(37-24(34)17-31-27(38)32-20-8-10-21(36-6)11-9-20)29(5)18(2)12-14-30(19(3)26(28)35)15-13-22(33)25(29)30/h7-11,18-19,23,25-26,35H,1,12-17H2,2-6H3,(H2,31,32,38)/t18-,19+,23-,25+,26+,28-,29+,30+/m1/s1. The molecular formula is C30H42N2O5S. The molecule has 0 saturated heterocycles. The van der Waals surface area contributed by atoms with Crippen LogP contribution in [0, 0.1) is 34.0 Å². The highest BCUT2D eigenvalue weighted by atomic mass is 32.1. The number of ether oxygens (including phenoxy) is 2. The first-order chi connectivity index (χ1) is 17.9. The molecule has 3 aliphatic carbocycles. The summed E-state index contributed by atoms with van der Waals surface area (Å²) < 4.78 is 11.4. The highest BCUT2D eigenvalue weighted by molar-refractivity contribution is 7.80. The van der Waals surface area contributed by atoms with Crippen molar-refractivity contribution in [1.29, 1.82) is 0 Å². The molecule has 8 heteroatoms. The summed E-state index contributed by atoms with van der Waals surface area (Å²) in [6.45, 7) is 12.3. The van der Waals surface area contributed by atoms with Crippen LogP contribution in [0.2, 0.25) is 0 Å². The Labute approximate surface area is 231 Å². The van der Waals surface area contributed by atoms with E-state index in [0.29, 0.717) is 18.0 Å². The number of aliphatic hydroxyl groups excluding tert-OH is 1. The van der Waals surface area contributed by atoms with Crippen LogP contribution in [0.4, 0.5) is 5.69 Å². The van der Waals surface area contributed by atoms with Crippen molar-refractivity contribution in [3.8, 4) is 5.75 Å². The van der Waals surface area contributed by atoms with Crippen molar-refractivity contribution < 1.29 is 24.2 Å². The summed E-state index contributed by atoms with van der Waals surface area (Å²) in [7, 11) is 1.60. The van der Waals surface area contributed by atoms with Gasteiger partial charge in [-0.15, -0.1) is 6.58 Å². The van der Waals surface area contributed by atoms with E-state index in [9.17, 15) is 14.7 Å². The second kappa shape index (κ2) is 10.6. The summed E-state index contributed by atoms with van der Waals surface area (Å²) in [6, 6.07) is 7.29. The predicted molar refractivity (Wildman–Crippen MR) is 152 cm³/mol. The monoisotopic (exact) mass is 542 g/mol. The average Bonchev–Trinajstić information content (AvgIpc) is 3.26. The molecule has 3 fully saturated rings. The van der Waals surface area contributed by atoms with E-state index in [4.69, 9.17) is 21.7 Å². The van der Waals surface area contributed by atoms with Crippen LogP contribution in [0.25, 0.3) is 0 Å². The van der Waals surface area contributed by atoms with Gasteiger partial charge in [-0.1, -0.05) is 33.8 Å². The zero-order valence-corrected chi connectivity index (χ0v) is 24.0. The zero-order valence-electron chi connectivity index (χ0n) is 23.2. The number of Topliss-reactive ketones (excluding diaryl/α,β-unsaturated/α-hetero) is 1. The summed E-state index contributed by atoms with van der Waals surface area (Å²) in [5.41, 5.74) is -0.733. The largest absolute Gasteiger partial charge is 0.497 e. The van der Waals surface area contributed by atoms with Crippen molar-refractivity contribution in [1.82, 2.24) is 5.32 Å². The van der Waals surface area contributed by atoms with E-state index in [1.54, 1.807) is 13.2 Å². The molecule has 7 nitrogen and oxygen atoms in total. The fourth-order valence-electron chi connectivity index (χ4n) is 7.70. The number of carbonyl (C=O) groups is 2. The Hall–Kier alpha value is -2.45. The molecular weight excluding hydrogens is 500 g/mol. The topological polar surface area (TPSA) is 96.9 Å². The van der Waals surface area contributed by atoms with Gasteiger partial charge in [0.05, 0.1) is 13.2 Å². The van der Waals surface area contributed by atoms with E-state index in [2.05, 4.69) is 38.0 Å². The summed E-state index contributed by atoms with van der Waals surface area (Å²) in [5, 5.41) is 17.9. The van der Waals surface area contributed by atoms with Gasteiger partial charge in [-0.3, -0.25) is 9.59 Å². The third-order valence-electron chi connectivity index (χ3n) is 10.3. The van der Waals surface area contributed by atoms with Gasteiger partial charge in [-0.2, -0.15) is 0 Å². The highest BCUT2D eigenvalue weighted by Gasteiger charge is 2.68. The van der Waals surface area contributed by atoms with E-state index in [0.717, 1.165) is 30.7 Å². The molecule has 0 aliphatic heterocycles. The summed E-state index contributed by atoms with van der Waals surface area (Å²) >= 11 is 5.38. The Morgan fingerprint density at radius 3 is 2.55 bits per heavy atom. The first kappa shape index (κ1) is 28.6. The normalized spacial score (nSPS) is 38.3. The molecule has 0 aromatic heterocycles. The molecule has 2 bridgehead atoms. The van der Waals surface area contributed by atoms with Crippen molar-refractivity contribution in [3.05, 3.63) is 36.9 Å². The smallest absolute Gasteiger partial charge is 0.325 e. The minimum atomic E-state index is -0.688. The van der Waals surface area contributed by atoms with Crippen LogP contribution in [-0.2, 0) is 14.3 Å². The van der Waals surface area contributed by atoms with Crippen LogP contribution < -0.4 is 15.4 Å². The van der Waals surface area contributed by atoms with Gasteiger partial charge in [0.15, 0.2) is 5.11 Å². The van der Waals surface area contributed by atoms with Crippen LogP contribution in [0.1, 0.15) is 59.8 Å². The van der Waals surface area contributed by atoms with E-state index < -0.39 is 29.0 Å². The number of ketones is 1. The fraction of sp³-hybridized carbons (Fsp3) is 0.633. The molecule has 1 aromatic rings. The van der Waals surface area contributed by atoms with Gasteiger partial charge in [0.1, 0.15) is 24.2 Å². The number of anilines is 1. The average molecular weight is 543 g/mol. The minimum Gasteiger partial charge on any atom is -0.497 e. The predicted octanol–water partition coefficient (Wildman–Crippen LogP) is 4.89. The van der Waals surface area contributed by atoms with Gasteiger partial charge in [0.2, 0.25) is 0 Å². The van der Waals surface area contributed by atoms with Gasteiger partial charge in [-0.25, -0.2) is 0 Å². The number of carbonyl (C=O) groups excluding carboxylic acids is 2. The van der Waals surface area contributed by atoms with Crippen molar-refractivity contribution in [2.75, 3.05) is 19.0 Å². The Balaban J connectivity index is 1.55. The van der Waals surface area contributed by atoms with Crippen molar-refractivity contribution in [2.45, 2.75) is 72.0 Å². The van der Waals surface area contributed by atoms with Crippen molar-refractivity contribution >= 4 is 34.8 Å². The quantitative estimate of drug-likeness (QED) is 0.266. The van der Waals surface area contributed by atoms with Gasteiger partial charge in [0.25, 0.3) is 0 Å². The molecule has 0 unspecified atom stereocenters. The number of benzene rings is 1. The lowest BCUT2D eigenvalue weighted by Crippen LogP contribution is -2.63. The molecule has 0 spiro atoms. The second-order valence-electron chi connectivity index (χ2n) is 12.1. The Morgan fingerprint density at radius 2 is 1.92 bits per heavy atom. The van der Waals surface area contributed by atoms with E-state index in [1.165, 1.54) is 0 Å². The first-order valence-electron chi connectivity index (χ1n) is 13.6. The van der Waals surface area contributed by atoms with Gasteiger partial charge < -0.3 is 25.2 Å². The van der Waals surface area contributed by atoms with Gasteiger partial charge in [0, 0.05) is 28.9 Å². The van der Waals surface area contributed by atoms with Gasteiger partial charge >= 0.3 is 5.97 Å². The second-order valence-corrected chi connectivity index (χ2v) is 12.5. The Morgan fingerprint density at radius 1 is 1.24 bits per heavy atom. The number of methoxy groups -OCH3 is 1. The van der Waals surface area contributed by atoms with Gasteiger partial charge in [-0.05, 0) is 79.4 Å². The lowest BCUT2D eigenvalue weighted by atomic mass is 9.44. The summed E-state index contributed by atoms with van der Waals surface area (Å²) in [4.78, 5) is 26.7. The number of rotatable bonds is 6. The molecule has 4 rings (SSSR count). The number of hydrogen-bond donors (Lipinski definition) is 3. The molecule has 3 saturated carbocycles. The Bertz CT molecular complexity index is 1090. The first-order valence-corrected chi connectivity index (χ1v) is 14.0. The minimum absolute atomic E-state index is 0.0616. The molecule has 3 aliphatic rings. The number of hydrogen-bond acceptors (Lipinski definition) is 6. The maximum Gasteiger partial charge on any atom is 0.325 e. The van der Waals surface area contributed by atoms with E-state index >= 15 is 0 Å². The fourth-order valence-corrected chi connectivity index (χ4v) is 7.89. The highest BCUT2D eigenvalue weighted by Crippen LogP contribution is 2.67. The molecule has 3 N–H and O–H groups in total. The van der Waals surface area contributed by atoms with Crippen molar-refractivity contribution in [2.24, 2.45) is 34.0 Å². The molecule has 1 aromatic carbocycles. The molecule has 8 atom stereocenters. The number of esters is 1. The molecule has 0 amide bonds. The van der Waals surface area contributed by atoms with Crippen LogP contribution in [-0.4, -0.2) is 47.8 Å². The number of nitrogens with one attached hydrogen (secondary N) is 2. The maximum atomic E-state index is 13.5. The third-order valence-corrected chi connectivity index (χ3v) is 10.6. The van der Waals surface area contributed by atoms with Crippen LogP contribution in [0.15, 0.2) is 36.9 Å². The lowest BCUT2D eigenvalue weighted by molar-refractivity contribution is -0.206. The summed E-state index contributed by atoms with van der Waals surface area (Å²) in [6.07, 6.45) is 4.10. The molecule has 208 valence electrons. The number of thiocarbonyl (C=S) groups is 1. The maximum absolute atomic E-state index is 13.5. The molecule has 0 heterocycles. The van der Waals surface area contributed by atoms with Crippen LogP contribution >= 0.6 is 12.2 Å². The zero-order chi connectivity index (χ0) is 27.9.